The zero-order valence-electron chi connectivity index (χ0n) is 14.3. The number of hydrogen-bond donors (Lipinski definition) is 1. The van der Waals surface area contributed by atoms with Crippen molar-refractivity contribution in [3.63, 3.8) is 0 Å². The van der Waals surface area contributed by atoms with Crippen LogP contribution in [-0.4, -0.2) is 34.6 Å². The van der Waals surface area contributed by atoms with E-state index in [1.165, 1.54) is 4.70 Å². The molecule has 0 radical (unpaired) electrons. The molecule has 4 heterocycles. The van der Waals surface area contributed by atoms with E-state index in [0.29, 0.717) is 5.92 Å². The van der Waals surface area contributed by atoms with Gasteiger partial charge in [-0.05, 0) is 37.0 Å². The molecule has 0 bridgehead atoms. The van der Waals surface area contributed by atoms with Crippen molar-refractivity contribution in [3.05, 3.63) is 42.7 Å². The summed E-state index contributed by atoms with van der Waals surface area (Å²) in [6.07, 6.45) is 5.87. The topological polar surface area (TPSA) is 67.1 Å². The van der Waals surface area contributed by atoms with Crippen molar-refractivity contribution in [1.29, 1.82) is 0 Å². The zero-order chi connectivity index (χ0) is 17.3. The molecule has 1 N–H and O–H groups in total. The number of benzene rings is 1. The molecule has 0 saturated carbocycles. The molecule has 4 aromatic rings. The summed E-state index contributed by atoms with van der Waals surface area (Å²) in [7, 11) is 0. The van der Waals surface area contributed by atoms with Crippen molar-refractivity contribution in [2.75, 3.05) is 29.9 Å². The molecule has 3 aromatic heterocycles. The Kier molecular flexibility index (Phi) is 3.93. The lowest BCUT2D eigenvalue weighted by Gasteiger charge is -2.30. The molecule has 0 aliphatic carbocycles. The number of anilines is 2. The third-order valence-electron chi connectivity index (χ3n) is 4.90. The van der Waals surface area contributed by atoms with Gasteiger partial charge in [-0.15, -0.1) is 0 Å². The van der Waals surface area contributed by atoms with E-state index in [4.69, 9.17) is 4.42 Å². The van der Waals surface area contributed by atoms with Crippen LogP contribution in [0.25, 0.3) is 21.3 Å². The largest absolute Gasteiger partial charge is 0.423 e. The Morgan fingerprint density at radius 1 is 1.12 bits per heavy atom. The van der Waals surface area contributed by atoms with Crippen LogP contribution >= 0.6 is 11.3 Å². The summed E-state index contributed by atoms with van der Waals surface area (Å²) in [6, 6.07) is 10.7. The van der Waals surface area contributed by atoms with Crippen molar-refractivity contribution < 1.29 is 4.42 Å². The van der Waals surface area contributed by atoms with Gasteiger partial charge in [0.15, 0.2) is 10.7 Å². The Morgan fingerprint density at radius 3 is 2.85 bits per heavy atom. The third kappa shape index (κ3) is 2.99. The van der Waals surface area contributed by atoms with Crippen molar-refractivity contribution in [2.45, 2.75) is 12.8 Å². The minimum Gasteiger partial charge on any atom is -0.423 e. The smallest absolute Gasteiger partial charge is 0.298 e. The number of piperidine rings is 1. The molecule has 1 aliphatic rings. The van der Waals surface area contributed by atoms with E-state index in [1.54, 1.807) is 11.3 Å². The van der Waals surface area contributed by atoms with Crippen LogP contribution in [0.5, 0.6) is 0 Å². The fourth-order valence-corrected chi connectivity index (χ4v) is 4.25. The van der Waals surface area contributed by atoms with Gasteiger partial charge in [0.05, 0.1) is 10.9 Å². The molecule has 26 heavy (non-hydrogen) atoms. The lowest BCUT2D eigenvalue weighted by Crippen LogP contribution is -2.36. The number of oxazole rings is 1. The first-order valence-electron chi connectivity index (χ1n) is 8.90. The number of pyridine rings is 1. The van der Waals surface area contributed by atoms with Gasteiger partial charge in [-0.3, -0.25) is 4.98 Å². The van der Waals surface area contributed by atoms with Crippen LogP contribution in [-0.2, 0) is 0 Å². The molecule has 1 saturated heterocycles. The second-order valence-corrected chi connectivity index (χ2v) is 7.67. The van der Waals surface area contributed by atoms with E-state index >= 15 is 0 Å². The third-order valence-corrected chi connectivity index (χ3v) is 5.89. The lowest BCUT2D eigenvalue weighted by molar-refractivity contribution is 0.405. The zero-order valence-corrected chi connectivity index (χ0v) is 15.1. The Balaban J connectivity index is 1.19. The maximum atomic E-state index is 5.89. The number of fused-ring (bicyclic) bond motifs is 2. The quantitative estimate of drug-likeness (QED) is 0.586. The Bertz CT molecular complexity index is 968. The van der Waals surface area contributed by atoms with Gasteiger partial charge >= 0.3 is 0 Å². The highest BCUT2D eigenvalue weighted by molar-refractivity contribution is 7.22. The fraction of sp³-hybridized carbons (Fsp3) is 0.316. The molecule has 7 heteroatoms. The van der Waals surface area contributed by atoms with Gasteiger partial charge in [-0.1, -0.05) is 23.5 Å². The standard InChI is InChI=1S/C19H19N5OS/c1-2-4-16-14(3-1)23-19(25-16)24-9-6-13(7-10-24)11-21-18-22-15-12-20-8-5-17(15)26-18/h1-5,8,12-13H,6-7,9-11H2,(H,21,22). The van der Waals surface area contributed by atoms with E-state index in [-0.39, 0.29) is 0 Å². The SMILES string of the molecule is c1ccc2oc(N3CCC(CNc4nc5cnccc5s4)CC3)nc2c1. The van der Waals surface area contributed by atoms with Crippen LogP contribution in [0.2, 0.25) is 0 Å². The molecular weight excluding hydrogens is 346 g/mol. The first-order chi connectivity index (χ1) is 12.8. The molecule has 1 fully saturated rings. The molecular formula is C19H19N5OS. The summed E-state index contributed by atoms with van der Waals surface area (Å²) < 4.78 is 7.06. The summed E-state index contributed by atoms with van der Waals surface area (Å²) >= 11 is 1.69. The van der Waals surface area contributed by atoms with Gasteiger partial charge in [-0.2, -0.15) is 4.98 Å². The van der Waals surface area contributed by atoms with Gasteiger partial charge < -0.3 is 14.6 Å². The van der Waals surface area contributed by atoms with Crippen LogP contribution < -0.4 is 10.2 Å². The first-order valence-corrected chi connectivity index (χ1v) is 9.72. The summed E-state index contributed by atoms with van der Waals surface area (Å²) in [5.41, 5.74) is 2.75. The van der Waals surface area contributed by atoms with E-state index in [1.807, 2.05) is 42.7 Å². The molecule has 0 spiro atoms. The number of aromatic nitrogens is 3. The van der Waals surface area contributed by atoms with Gasteiger partial charge in [0.2, 0.25) is 0 Å². The molecule has 5 rings (SSSR count). The van der Waals surface area contributed by atoms with Crippen LogP contribution in [0, 0.1) is 5.92 Å². The number of hydrogen-bond acceptors (Lipinski definition) is 7. The molecule has 1 aliphatic heterocycles. The predicted octanol–water partition coefficient (Wildman–Crippen LogP) is 4.16. The molecule has 1 aromatic carbocycles. The van der Waals surface area contributed by atoms with Crippen molar-refractivity contribution >= 4 is 43.8 Å². The monoisotopic (exact) mass is 365 g/mol. The van der Waals surface area contributed by atoms with Gasteiger partial charge in [-0.25, -0.2) is 4.98 Å². The maximum Gasteiger partial charge on any atom is 0.298 e. The highest BCUT2D eigenvalue weighted by Crippen LogP contribution is 2.28. The molecule has 6 nitrogen and oxygen atoms in total. The van der Waals surface area contributed by atoms with Crippen molar-refractivity contribution in [2.24, 2.45) is 5.92 Å². The summed E-state index contributed by atoms with van der Waals surface area (Å²) in [5, 5.41) is 4.48. The predicted molar refractivity (Wildman–Crippen MR) is 105 cm³/mol. The Labute approximate surface area is 154 Å². The van der Waals surface area contributed by atoms with Crippen molar-refractivity contribution in [1.82, 2.24) is 15.0 Å². The average molecular weight is 365 g/mol. The van der Waals surface area contributed by atoms with E-state index < -0.39 is 0 Å². The molecule has 0 amide bonds. The van der Waals surface area contributed by atoms with Crippen LogP contribution in [0.15, 0.2) is 47.1 Å². The van der Waals surface area contributed by atoms with Crippen LogP contribution in [0.4, 0.5) is 11.1 Å². The number of thiazole rings is 1. The minimum absolute atomic E-state index is 0.640. The van der Waals surface area contributed by atoms with Gasteiger partial charge in [0.1, 0.15) is 11.0 Å². The second-order valence-electron chi connectivity index (χ2n) is 6.64. The van der Waals surface area contributed by atoms with E-state index in [0.717, 1.165) is 60.2 Å². The highest BCUT2D eigenvalue weighted by Gasteiger charge is 2.22. The second kappa shape index (κ2) is 6.57. The normalized spacial score (nSPS) is 15.8. The first kappa shape index (κ1) is 15.6. The van der Waals surface area contributed by atoms with E-state index in [9.17, 15) is 0 Å². The maximum absolute atomic E-state index is 5.89. The minimum atomic E-state index is 0.640. The summed E-state index contributed by atoms with van der Waals surface area (Å²) in [4.78, 5) is 15.6. The summed E-state index contributed by atoms with van der Waals surface area (Å²) in [6.45, 7) is 2.90. The highest BCUT2D eigenvalue weighted by atomic mass is 32.1. The molecule has 0 unspecified atom stereocenters. The Hall–Kier alpha value is -2.67. The average Bonchev–Trinajstić information content (AvgIpc) is 3.30. The fourth-order valence-electron chi connectivity index (χ4n) is 3.41. The molecule has 0 atom stereocenters. The lowest BCUT2D eigenvalue weighted by atomic mass is 9.97. The summed E-state index contributed by atoms with van der Waals surface area (Å²) in [5.74, 6) is 0.640. The van der Waals surface area contributed by atoms with Crippen LogP contribution in [0.3, 0.4) is 0 Å². The van der Waals surface area contributed by atoms with Gasteiger partial charge in [0.25, 0.3) is 6.01 Å². The van der Waals surface area contributed by atoms with E-state index in [2.05, 4.69) is 25.2 Å². The van der Waals surface area contributed by atoms with Crippen LogP contribution in [0.1, 0.15) is 12.8 Å². The number of para-hydroxylation sites is 2. The number of nitrogens with zero attached hydrogens (tertiary/aromatic N) is 4. The number of rotatable bonds is 4. The number of nitrogens with one attached hydrogen (secondary N) is 1. The van der Waals surface area contributed by atoms with Crippen molar-refractivity contribution in [3.8, 4) is 0 Å². The molecule has 132 valence electrons. The van der Waals surface area contributed by atoms with Gasteiger partial charge in [0, 0.05) is 25.8 Å². The Morgan fingerprint density at radius 2 is 2.00 bits per heavy atom.